The quantitative estimate of drug-likeness (QED) is 0.356. The fourth-order valence-electron chi connectivity index (χ4n) is 3.06. The molecule has 0 fully saturated rings. The van der Waals surface area contributed by atoms with Gasteiger partial charge in [-0.05, 0) is 25.0 Å². The van der Waals surface area contributed by atoms with Gasteiger partial charge in [0.1, 0.15) is 0 Å². The van der Waals surface area contributed by atoms with E-state index in [0.29, 0.717) is 0 Å². The molecule has 1 aromatic carbocycles. The van der Waals surface area contributed by atoms with E-state index in [1.165, 1.54) is 75.8 Å². The minimum absolute atomic E-state index is 0.0153. The molecule has 1 aromatic rings. The van der Waals surface area contributed by atoms with Crippen LogP contribution in [-0.4, -0.2) is 9.52 Å². The van der Waals surface area contributed by atoms with Crippen LogP contribution in [0.1, 0.15) is 82.3 Å². The van der Waals surface area contributed by atoms with Crippen LogP contribution in [0.3, 0.4) is 0 Å². The third-order valence-electron chi connectivity index (χ3n) is 4.77. The highest BCUT2D eigenvalue weighted by atomic mass is 28.2. The SMILES string of the molecule is CCCCCCCCCCCC[SiH2]c1cccc(C)c1C. The molecule has 0 saturated carbocycles. The monoisotopic (exact) mass is 304 g/mol. The number of benzene rings is 1. The lowest BCUT2D eigenvalue weighted by Crippen LogP contribution is -2.17. The zero-order valence-electron chi connectivity index (χ0n) is 14.7. The zero-order chi connectivity index (χ0) is 15.3. The van der Waals surface area contributed by atoms with Gasteiger partial charge in [-0.25, -0.2) is 0 Å². The molecule has 21 heavy (non-hydrogen) atoms. The molecular weight excluding hydrogens is 268 g/mol. The largest absolute Gasteiger partial charge is 0.0654 e. The molecule has 0 amide bonds. The van der Waals surface area contributed by atoms with E-state index in [-0.39, 0.29) is 9.52 Å². The normalized spacial score (nSPS) is 11.6. The van der Waals surface area contributed by atoms with Crippen molar-refractivity contribution in [2.24, 2.45) is 0 Å². The topological polar surface area (TPSA) is 0 Å². The van der Waals surface area contributed by atoms with Gasteiger partial charge < -0.3 is 0 Å². The second-order valence-electron chi connectivity index (χ2n) is 6.64. The fraction of sp³-hybridized carbons (Fsp3) is 0.700. The Hall–Kier alpha value is -0.563. The van der Waals surface area contributed by atoms with E-state index in [0.717, 1.165) is 0 Å². The molecule has 0 bridgehead atoms. The first-order valence-corrected chi connectivity index (χ1v) is 11.0. The van der Waals surface area contributed by atoms with E-state index >= 15 is 0 Å². The Morgan fingerprint density at radius 2 is 1.33 bits per heavy atom. The second-order valence-corrected chi connectivity index (χ2v) is 8.61. The third kappa shape index (κ3) is 8.46. The first kappa shape index (κ1) is 18.5. The summed E-state index contributed by atoms with van der Waals surface area (Å²) >= 11 is 0. The van der Waals surface area contributed by atoms with Crippen LogP contribution in [0.25, 0.3) is 0 Å². The standard InChI is InChI=1S/C20H36Si/c1-4-5-6-7-8-9-10-11-12-13-17-21-20-16-14-15-18(2)19(20)3/h14-16H,4-13,17,21H2,1-3H3. The van der Waals surface area contributed by atoms with Crippen LogP contribution in [0, 0.1) is 13.8 Å². The van der Waals surface area contributed by atoms with Gasteiger partial charge in [-0.2, -0.15) is 0 Å². The van der Waals surface area contributed by atoms with Gasteiger partial charge in [0.25, 0.3) is 0 Å². The van der Waals surface area contributed by atoms with Crippen molar-refractivity contribution in [1.29, 1.82) is 0 Å². The molecule has 0 radical (unpaired) electrons. The van der Waals surface area contributed by atoms with Crippen LogP contribution >= 0.6 is 0 Å². The molecule has 0 aliphatic carbocycles. The molecule has 1 rings (SSSR count). The molecule has 120 valence electrons. The maximum atomic E-state index is 2.37. The highest BCUT2D eigenvalue weighted by Gasteiger charge is 2.01. The van der Waals surface area contributed by atoms with E-state index in [1.54, 1.807) is 10.8 Å². The van der Waals surface area contributed by atoms with Gasteiger partial charge in [-0.1, -0.05) is 101 Å². The van der Waals surface area contributed by atoms with Gasteiger partial charge in [0.15, 0.2) is 0 Å². The van der Waals surface area contributed by atoms with Gasteiger partial charge in [0.2, 0.25) is 0 Å². The van der Waals surface area contributed by atoms with E-state index in [9.17, 15) is 0 Å². The molecular formula is C20H36Si. The molecule has 0 aromatic heterocycles. The van der Waals surface area contributed by atoms with Crippen molar-refractivity contribution < 1.29 is 0 Å². The van der Waals surface area contributed by atoms with E-state index < -0.39 is 0 Å². The molecule has 0 nitrogen and oxygen atoms in total. The van der Waals surface area contributed by atoms with Crippen molar-refractivity contribution in [3.05, 3.63) is 29.3 Å². The molecule has 0 saturated heterocycles. The van der Waals surface area contributed by atoms with Crippen LogP contribution in [0.4, 0.5) is 0 Å². The van der Waals surface area contributed by atoms with Gasteiger partial charge in [0, 0.05) is 0 Å². The minimum atomic E-state index is -0.0153. The Morgan fingerprint density at radius 1 is 0.762 bits per heavy atom. The molecule has 0 unspecified atom stereocenters. The predicted molar refractivity (Wildman–Crippen MR) is 101 cm³/mol. The number of rotatable bonds is 12. The minimum Gasteiger partial charge on any atom is -0.0654 e. The van der Waals surface area contributed by atoms with Crippen LogP contribution in [0.15, 0.2) is 18.2 Å². The maximum Gasteiger partial charge on any atom is 0.0551 e. The Kier molecular flexibility index (Phi) is 10.6. The number of aryl methyl sites for hydroxylation is 1. The van der Waals surface area contributed by atoms with Gasteiger partial charge >= 0.3 is 0 Å². The van der Waals surface area contributed by atoms with Crippen LogP contribution in [0.5, 0.6) is 0 Å². The lowest BCUT2D eigenvalue weighted by molar-refractivity contribution is 0.562. The molecule has 1 heteroatoms. The molecule has 0 heterocycles. The summed E-state index contributed by atoms with van der Waals surface area (Å²) in [7, 11) is -0.0153. The van der Waals surface area contributed by atoms with Gasteiger partial charge in [-0.15, -0.1) is 0 Å². The average molecular weight is 305 g/mol. The molecule has 0 aliphatic heterocycles. The van der Waals surface area contributed by atoms with Gasteiger partial charge in [0.05, 0.1) is 9.52 Å². The van der Waals surface area contributed by atoms with E-state index in [2.05, 4.69) is 39.0 Å². The van der Waals surface area contributed by atoms with Crippen molar-refractivity contribution in [2.45, 2.75) is 91.0 Å². The Morgan fingerprint density at radius 3 is 1.95 bits per heavy atom. The Labute approximate surface area is 135 Å². The average Bonchev–Trinajstić information content (AvgIpc) is 2.49. The first-order valence-electron chi connectivity index (χ1n) is 9.30. The van der Waals surface area contributed by atoms with E-state index in [1.807, 2.05) is 0 Å². The van der Waals surface area contributed by atoms with Crippen molar-refractivity contribution in [2.75, 3.05) is 0 Å². The summed E-state index contributed by atoms with van der Waals surface area (Å²) in [5.41, 5.74) is 3.04. The van der Waals surface area contributed by atoms with Crippen molar-refractivity contribution >= 4 is 14.7 Å². The summed E-state index contributed by atoms with van der Waals surface area (Å²) in [6, 6.07) is 8.35. The van der Waals surface area contributed by atoms with Crippen molar-refractivity contribution in [3.63, 3.8) is 0 Å². The summed E-state index contributed by atoms with van der Waals surface area (Å²) in [5, 5.41) is 1.70. The third-order valence-corrected chi connectivity index (χ3v) is 6.92. The number of hydrogen-bond acceptors (Lipinski definition) is 0. The highest BCUT2D eigenvalue weighted by molar-refractivity contribution is 6.54. The molecule has 0 spiro atoms. The van der Waals surface area contributed by atoms with Crippen LogP contribution < -0.4 is 5.19 Å². The summed E-state index contributed by atoms with van der Waals surface area (Å²) in [6.45, 7) is 6.84. The van der Waals surface area contributed by atoms with Crippen LogP contribution in [0.2, 0.25) is 6.04 Å². The molecule has 0 aliphatic rings. The van der Waals surface area contributed by atoms with Crippen molar-refractivity contribution in [1.82, 2.24) is 0 Å². The fourth-order valence-corrected chi connectivity index (χ4v) is 5.00. The second kappa shape index (κ2) is 12.0. The Bertz CT molecular complexity index is 370. The number of unbranched alkanes of at least 4 members (excludes halogenated alkanes) is 9. The summed E-state index contributed by atoms with van der Waals surface area (Å²) in [6.07, 6.45) is 14.5. The highest BCUT2D eigenvalue weighted by Crippen LogP contribution is 2.11. The van der Waals surface area contributed by atoms with Gasteiger partial charge in [-0.3, -0.25) is 0 Å². The van der Waals surface area contributed by atoms with Crippen LogP contribution in [-0.2, 0) is 0 Å². The summed E-state index contributed by atoms with van der Waals surface area (Å²) in [4.78, 5) is 0. The van der Waals surface area contributed by atoms with E-state index in [4.69, 9.17) is 0 Å². The molecule has 0 atom stereocenters. The predicted octanol–water partition coefficient (Wildman–Crippen LogP) is 5.44. The maximum absolute atomic E-state index is 2.37. The number of hydrogen-bond donors (Lipinski definition) is 0. The lowest BCUT2D eigenvalue weighted by Gasteiger charge is -2.08. The first-order chi connectivity index (χ1) is 10.3. The lowest BCUT2D eigenvalue weighted by atomic mass is 10.1. The smallest absolute Gasteiger partial charge is 0.0551 e. The summed E-state index contributed by atoms with van der Waals surface area (Å²) < 4.78 is 0. The molecule has 0 N–H and O–H groups in total. The Balaban J connectivity index is 1.94. The zero-order valence-corrected chi connectivity index (χ0v) is 16.1. The van der Waals surface area contributed by atoms with Crippen molar-refractivity contribution in [3.8, 4) is 0 Å². The summed E-state index contributed by atoms with van der Waals surface area (Å²) in [5.74, 6) is 0.